The molecule has 7 heteroatoms. The molecule has 144 valence electrons. The summed E-state index contributed by atoms with van der Waals surface area (Å²) in [6, 6.07) is 13.2. The Morgan fingerprint density at radius 2 is 1.74 bits per heavy atom. The number of ether oxygens (including phenoxy) is 1. The van der Waals surface area contributed by atoms with Crippen molar-refractivity contribution in [2.24, 2.45) is 0 Å². The molecule has 1 N–H and O–H groups in total. The van der Waals surface area contributed by atoms with E-state index in [-0.39, 0.29) is 23.6 Å². The number of rotatable bonds is 9. The zero-order valence-corrected chi connectivity index (χ0v) is 16.2. The molecular weight excluding hydrogens is 366 g/mol. The molecular formula is C20H23NO5S. The highest BCUT2D eigenvalue weighted by Gasteiger charge is 2.13. The van der Waals surface area contributed by atoms with Crippen LogP contribution in [-0.2, 0) is 21.2 Å². The third kappa shape index (κ3) is 6.86. The smallest absolute Gasteiger partial charge is 0.338 e. The van der Waals surface area contributed by atoms with Crippen LogP contribution in [-0.4, -0.2) is 33.0 Å². The van der Waals surface area contributed by atoms with Crippen molar-refractivity contribution >= 4 is 27.5 Å². The molecule has 0 radical (unpaired) electrons. The Labute approximate surface area is 159 Å². The summed E-state index contributed by atoms with van der Waals surface area (Å²) in [5.74, 6) is -0.990. The number of hydrogen-bond donors (Lipinski definition) is 1. The van der Waals surface area contributed by atoms with Crippen LogP contribution >= 0.6 is 0 Å². The molecule has 0 spiro atoms. The fourth-order valence-electron chi connectivity index (χ4n) is 2.46. The first-order valence-corrected chi connectivity index (χ1v) is 10.5. The number of carbonyl (C=O) groups excluding carboxylic acids is 2. The quantitative estimate of drug-likeness (QED) is 0.524. The number of esters is 1. The van der Waals surface area contributed by atoms with Gasteiger partial charge in [-0.3, -0.25) is 9.52 Å². The maximum atomic E-state index is 12.2. The number of ketones is 1. The third-order valence-corrected chi connectivity index (χ3v) is 4.44. The molecule has 0 fully saturated rings. The minimum atomic E-state index is -3.45. The Kier molecular flexibility index (Phi) is 7.12. The SMILES string of the molecule is CCCCc1ccc(C(=O)COC(=O)c2cccc(NS(C)(=O)=O)c2)cc1. The fraction of sp³-hybridized carbons (Fsp3) is 0.300. The second-order valence-electron chi connectivity index (χ2n) is 6.25. The molecule has 2 aromatic carbocycles. The van der Waals surface area contributed by atoms with Gasteiger partial charge in [-0.25, -0.2) is 13.2 Å². The Morgan fingerprint density at radius 3 is 2.37 bits per heavy atom. The number of unbranched alkanes of at least 4 members (excludes halogenated alkanes) is 1. The van der Waals surface area contributed by atoms with Gasteiger partial charge in [-0.1, -0.05) is 43.7 Å². The molecule has 0 heterocycles. The van der Waals surface area contributed by atoms with Crippen LogP contribution in [0.1, 0.15) is 46.0 Å². The lowest BCUT2D eigenvalue weighted by Gasteiger charge is -2.08. The van der Waals surface area contributed by atoms with Gasteiger partial charge in [-0.2, -0.15) is 0 Å². The Balaban J connectivity index is 1.94. The number of anilines is 1. The van der Waals surface area contributed by atoms with Gasteiger partial charge in [-0.15, -0.1) is 0 Å². The Morgan fingerprint density at radius 1 is 1.04 bits per heavy atom. The highest BCUT2D eigenvalue weighted by Crippen LogP contribution is 2.14. The van der Waals surface area contributed by atoms with E-state index in [9.17, 15) is 18.0 Å². The topological polar surface area (TPSA) is 89.5 Å². The molecule has 0 unspecified atom stereocenters. The maximum Gasteiger partial charge on any atom is 0.338 e. The van der Waals surface area contributed by atoms with E-state index in [1.807, 2.05) is 12.1 Å². The number of benzene rings is 2. The van der Waals surface area contributed by atoms with Gasteiger partial charge in [0, 0.05) is 11.3 Å². The number of hydrogen-bond acceptors (Lipinski definition) is 5. The maximum absolute atomic E-state index is 12.2. The van der Waals surface area contributed by atoms with Crippen molar-refractivity contribution in [2.75, 3.05) is 17.6 Å². The normalized spacial score (nSPS) is 11.0. The van der Waals surface area contributed by atoms with Crippen molar-refractivity contribution in [1.29, 1.82) is 0 Å². The van der Waals surface area contributed by atoms with Gasteiger partial charge in [-0.05, 0) is 36.6 Å². The highest BCUT2D eigenvalue weighted by molar-refractivity contribution is 7.92. The van der Waals surface area contributed by atoms with Crippen LogP contribution in [0.25, 0.3) is 0 Å². The first-order valence-electron chi connectivity index (χ1n) is 8.65. The van der Waals surface area contributed by atoms with Gasteiger partial charge in [0.25, 0.3) is 0 Å². The van der Waals surface area contributed by atoms with Gasteiger partial charge in [0.2, 0.25) is 10.0 Å². The second-order valence-corrected chi connectivity index (χ2v) is 8.00. The molecule has 0 atom stereocenters. The second kappa shape index (κ2) is 9.32. The summed E-state index contributed by atoms with van der Waals surface area (Å²) in [7, 11) is -3.45. The predicted molar refractivity (Wildman–Crippen MR) is 105 cm³/mol. The standard InChI is InChI=1S/C20H23NO5S/c1-3-4-6-15-9-11-16(12-10-15)19(22)14-26-20(23)17-7-5-8-18(13-17)21-27(2,24)25/h5,7-13,21H,3-4,6,14H2,1-2H3. The predicted octanol–water partition coefficient (Wildman–Crippen LogP) is 3.44. The molecule has 6 nitrogen and oxygen atoms in total. The lowest BCUT2D eigenvalue weighted by atomic mass is 10.0. The molecule has 0 aliphatic heterocycles. The number of Topliss-reactive ketones (excluding diaryl/α,β-unsaturated/α-hetero) is 1. The number of nitrogens with one attached hydrogen (secondary N) is 1. The summed E-state index contributed by atoms with van der Waals surface area (Å²) in [5, 5.41) is 0. The van der Waals surface area contributed by atoms with E-state index in [0.717, 1.165) is 25.5 Å². The van der Waals surface area contributed by atoms with Gasteiger partial charge in [0.15, 0.2) is 12.4 Å². The fourth-order valence-corrected chi connectivity index (χ4v) is 3.01. The van der Waals surface area contributed by atoms with Gasteiger partial charge >= 0.3 is 5.97 Å². The molecule has 27 heavy (non-hydrogen) atoms. The molecule has 0 amide bonds. The van der Waals surface area contributed by atoms with E-state index in [4.69, 9.17) is 4.74 Å². The minimum Gasteiger partial charge on any atom is -0.454 e. The molecule has 2 rings (SSSR count). The molecule has 2 aromatic rings. The van der Waals surface area contributed by atoms with Gasteiger partial charge < -0.3 is 4.74 Å². The van der Waals surface area contributed by atoms with Crippen LogP contribution in [0.4, 0.5) is 5.69 Å². The average Bonchev–Trinajstić information content (AvgIpc) is 2.63. The summed E-state index contributed by atoms with van der Waals surface area (Å²) < 4.78 is 29.9. The first kappa shape index (κ1) is 20.6. The lowest BCUT2D eigenvalue weighted by molar-refractivity contribution is 0.0475. The third-order valence-electron chi connectivity index (χ3n) is 3.83. The summed E-state index contributed by atoms with van der Waals surface area (Å²) in [6.45, 7) is 1.75. The summed E-state index contributed by atoms with van der Waals surface area (Å²) in [4.78, 5) is 24.3. The van der Waals surface area contributed by atoms with Crippen molar-refractivity contribution in [3.8, 4) is 0 Å². The average molecular weight is 389 g/mol. The van der Waals surface area contributed by atoms with Crippen LogP contribution in [0.2, 0.25) is 0 Å². The van der Waals surface area contributed by atoms with Crippen LogP contribution in [0.5, 0.6) is 0 Å². The summed E-state index contributed by atoms with van der Waals surface area (Å²) >= 11 is 0. The van der Waals surface area contributed by atoms with Crippen LogP contribution < -0.4 is 4.72 Å². The largest absolute Gasteiger partial charge is 0.454 e. The lowest BCUT2D eigenvalue weighted by Crippen LogP contribution is -2.15. The number of carbonyl (C=O) groups is 2. The van der Waals surface area contributed by atoms with Gasteiger partial charge in [0.05, 0.1) is 11.8 Å². The van der Waals surface area contributed by atoms with Crippen molar-refractivity contribution in [2.45, 2.75) is 26.2 Å². The molecule has 0 aliphatic rings. The number of aryl methyl sites for hydroxylation is 1. The monoisotopic (exact) mass is 389 g/mol. The van der Waals surface area contributed by atoms with Crippen molar-refractivity contribution in [3.63, 3.8) is 0 Å². The Hall–Kier alpha value is -2.67. The van der Waals surface area contributed by atoms with E-state index >= 15 is 0 Å². The first-order chi connectivity index (χ1) is 12.8. The molecule has 0 aromatic heterocycles. The van der Waals surface area contributed by atoms with Gasteiger partial charge in [0.1, 0.15) is 0 Å². The van der Waals surface area contributed by atoms with Crippen LogP contribution in [0.3, 0.4) is 0 Å². The molecule has 0 saturated carbocycles. The molecule has 0 aliphatic carbocycles. The van der Waals surface area contributed by atoms with E-state index in [1.165, 1.54) is 29.8 Å². The summed E-state index contributed by atoms with van der Waals surface area (Å²) in [6.07, 6.45) is 4.19. The summed E-state index contributed by atoms with van der Waals surface area (Å²) in [5.41, 5.74) is 2.06. The van der Waals surface area contributed by atoms with E-state index in [2.05, 4.69) is 11.6 Å². The van der Waals surface area contributed by atoms with Crippen molar-refractivity contribution in [3.05, 3.63) is 65.2 Å². The number of sulfonamides is 1. The molecule has 0 saturated heterocycles. The van der Waals surface area contributed by atoms with Crippen molar-refractivity contribution < 1.29 is 22.7 Å². The van der Waals surface area contributed by atoms with Crippen LogP contribution in [0, 0.1) is 0 Å². The van der Waals surface area contributed by atoms with E-state index in [1.54, 1.807) is 12.1 Å². The highest BCUT2D eigenvalue weighted by atomic mass is 32.2. The van der Waals surface area contributed by atoms with Crippen molar-refractivity contribution in [1.82, 2.24) is 0 Å². The van der Waals surface area contributed by atoms with E-state index < -0.39 is 16.0 Å². The van der Waals surface area contributed by atoms with E-state index in [0.29, 0.717) is 5.56 Å². The molecule has 0 bridgehead atoms. The zero-order valence-electron chi connectivity index (χ0n) is 15.4. The minimum absolute atomic E-state index is 0.159. The zero-order chi connectivity index (χ0) is 19.9. The Bertz CT molecular complexity index is 904. The van der Waals surface area contributed by atoms with Crippen LogP contribution in [0.15, 0.2) is 48.5 Å².